The highest BCUT2D eigenvalue weighted by molar-refractivity contribution is 5.75. The van der Waals surface area contributed by atoms with Gasteiger partial charge in [-0.05, 0) is 18.6 Å². The van der Waals surface area contributed by atoms with E-state index in [1.54, 1.807) is 0 Å². The van der Waals surface area contributed by atoms with E-state index in [2.05, 4.69) is 9.55 Å². The van der Waals surface area contributed by atoms with Crippen molar-refractivity contribution in [1.29, 1.82) is 0 Å². The zero-order chi connectivity index (χ0) is 10.7. The lowest BCUT2D eigenvalue weighted by molar-refractivity contribution is 0.280. The average molecular weight is 205 g/mol. The number of aryl methyl sites for hydroxylation is 1. The lowest BCUT2D eigenvalue weighted by atomic mass is 10.3. The molecule has 0 unspecified atom stereocenters. The van der Waals surface area contributed by atoms with Crippen molar-refractivity contribution in [2.45, 2.75) is 19.5 Å². The van der Waals surface area contributed by atoms with Crippen LogP contribution in [-0.4, -0.2) is 21.3 Å². The molecule has 3 N–H and O–H groups in total. The van der Waals surface area contributed by atoms with Crippen LogP contribution in [0.1, 0.15) is 12.2 Å². The highest BCUT2D eigenvalue weighted by atomic mass is 16.3. The molecular weight excluding hydrogens is 190 g/mol. The molecule has 0 spiro atoms. The van der Waals surface area contributed by atoms with Gasteiger partial charge in [0.15, 0.2) is 0 Å². The van der Waals surface area contributed by atoms with Gasteiger partial charge in [0.2, 0.25) is 0 Å². The van der Waals surface area contributed by atoms with Gasteiger partial charge >= 0.3 is 0 Å². The monoisotopic (exact) mass is 205 g/mol. The molecule has 0 bridgehead atoms. The number of rotatable bonds is 4. The highest BCUT2D eigenvalue weighted by Gasteiger charge is 2.07. The smallest absolute Gasteiger partial charge is 0.123 e. The van der Waals surface area contributed by atoms with Crippen molar-refractivity contribution in [2.24, 2.45) is 5.73 Å². The summed E-state index contributed by atoms with van der Waals surface area (Å²) >= 11 is 0. The Balaban J connectivity index is 2.47. The van der Waals surface area contributed by atoms with Gasteiger partial charge in [-0.1, -0.05) is 12.1 Å². The molecule has 0 aliphatic heterocycles. The van der Waals surface area contributed by atoms with Crippen LogP contribution >= 0.6 is 0 Å². The number of imidazole rings is 1. The topological polar surface area (TPSA) is 64.1 Å². The quantitative estimate of drug-likeness (QED) is 0.778. The number of nitrogens with two attached hydrogens (primary N) is 1. The molecule has 0 amide bonds. The van der Waals surface area contributed by atoms with E-state index in [-0.39, 0.29) is 6.61 Å². The summed E-state index contributed by atoms with van der Waals surface area (Å²) in [5.41, 5.74) is 7.70. The molecule has 80 valence electrons. The summed E-state index contributed by atoms with van der Waals surface area (Å²) in [5, 5.41) is 8.84. The number of aliphatic hydroxyl groups is 1. The molecule has 1 aromatic carbocycles. The lowest BCUT2D eigenvalue weighted by Gasteiger charge is -2.06. The zero-order valence-corrected chi connectivity index (χ0v) is 8.56. The first kappa shape index (κ1) is 10.1. The molecule has 0 saturated heterocycles. The van der Waals surface area contributed by atoms with E-state index in [0.29, 0.717) is 6.54 Å². The molecule has 0 fully saturated rings. The fraction of sp³-hybridized carbons (Fsp3) is 0.364. The van der Waals surface area contributed by atoms with E-state index in [9.17, 15) is 0 Å². The second kappa shape index (κ2) is 4.42. The first-order valence-electron chi connectivity index (χ1n) is 5.12. The average Bonchev–Trinajstić information content (AvgIpc) is 2.64. The lowest BCUT2D eigenvalue weighted by Crippen LogP contribution is -2.09. The van der Waals surface area contributed by atoms with Crippen LogP contribution in [0.3, 0.4) is 0 Å². The summed E-state index contributed by atoms with van der Waals surface area (Å²) < 4.78 is 2.07. The maximum atomic E-state index is 8.84. The molecule has 0 atom stereocenters. The van der Waals surface area contributed by atoms with Crippen LogP contribution in [0.5, 0.6) is 0 Å². The van der Waals surface area contributed by atoms with Crippen molar-refractivity contribution in [3.05, 3.63) is 30.1 Å². The molecule has 2 rings (SSSR count). The van der Waals surface area contributed by atoms with Gasteiger partial charge < -0.3 is 15.4 Å². The predicted molar refractivity (Wildman–Crippen MR) is 59.3 cm³/mol. The first-order chi connectivity index (χ1) is 7.36. The maximum absolute atomic E-state index is 8.84. The van der Waals surface area contributed by atoms with Crippen molar-refractivity contribution in [3.63, 3.8) is 0 Å². The summed E-state index contributed by atoms with van der Waals surface area (Å²) in [6.45, 7) is 1.39. The van der Waals surface area contributed by atoms with Crippen molar-refractivity contribution < 1.29 is 5.11 Å². The van der Waals surface area contributed by atoms with Crippen LogP contribution in [0.15, 0.2) is 24.3 Å². The fourth-order valence-corrected chi connectivity index (χ4v) is 1.76. The Morgan fingerprint density at radius 1 is 1.33 bits per heavy atom. The number of aromatic nitrogens is 2. The molecule has 4 heteroatoms. The number of benzene rings is 1. The maximum Gasteiger partial charge on any atom is 0.123 e. The van der Waals surface area contributed by atoms with Crippen LogP contribution in [0, 0.1) is 0 Å². The third-order valence-electron chi connectivity index (χ3n) is 2.46. The molecule has 4 nitrogen and oxygen atoms in total. The van der Waals surface area contributed by atoms with E-state index in [1.807, 2.05) is 24.3 Å². The van der Waals surface area contributed by atoms with Gasteiger partial charge in [0, 0.05) is 13.2 Å². The van der Waals surface area contributed by atoms with E-state index in [0.717, 1.165) is 29.8 Å². The third-order valence-corrected chi connectivity index (χ3v) is 2.46. The van der Waals surface area contributed by atoms with E-state index >= 15 is 0 Å². The molecular formula is C11H15N3O. The number of fused-ring (bicyclic) bond motifs is 1. The van der Waals surface area contributed by atoms with E-state index in [4.69, 9.17) is 10.8 Å². The summed E-state index contributed by atoms with van der Waals surface area (Å²) in [6.07, 6.45) is 0.730. The van der Waals surface area contributed by atoms with Gasteiger partial charge in [-0.2, -0.15) is 0 Å². The Bertz CT molecular complexity index is 450. The fourth-order valence-electron chi connectivity index (χ4n) is 1.76. The Kier molecular flexibility index (Phi) is 2.99. The minimum absolute atomic E-state index is 0.191. The van der Waals surface area contributed by atoms with Gasteiger partial charge in [0.25, 0.3) is 0 Å². The third kappa shape index (κ3) is 1.86. The minimum Gasteiger partial charge on any atom is -0.396 e. The SMILES string of the molecule is NCc1nc2ccccc2n1CCCO. The van der Waals surface area contributed by atoms with Crippen molar-refractivity contribution in [1.82, 2.24) is 9.55 Å². The number of nitrogens with zero attached hydrogens (tertiary/aromatic N) is 2. The molecule has 1 heterocycles. The molecule has 0 radical (unpaired) electrons. The molecule has 0 aliphatic rings. The van der Waals surface area contributed by atoms with E-state index < -0.39 is 0 Å². The van der Waals surface area contributed by atoms with Gasteiger partial charge in [-0.15, -0.1) is 0 Å². The molecule has 0 aliphatic carbocycles. The minimum atomic E-state index is 0.191. The van der Waals surface area contributed by atoms with Crippen LogP contribution in [-0.2, 0) is 13.1 Å². The Morgan fingerprint density at radius 2 is 2.13 bits per heavy atom. The Labute approximate surface area is 88.3 Å². The number of hydrogen-bond donors (Lipinski definition) is 2. The number of hydrogen-bond acceptors (Lipinski definition) is 3. The predicted octanol–water partition coefficient (Wildman–Crippen LogP) is 0.877. The molecule has 15 heavy (non-hydrogen) atoms. The Morgan fingerprint density at radius 3 is 2.87 bits per heavy atom. The van der Waals surface area contributed by atoms with E-state index in [1.165, 1.54) is 0 Å². The largest absolute Gasteiger partial charge is 0.396 e. The first-order valence-corrected chi connectivity index (χ1v) is 5.12. The molecule has 0 saturated carbocycles. The second-order valence-electron chi connectivity index (χ2n) is 3.45. The van der Waals surface area contributed by atoms with Gasteiger partial charge in [0.1, 0.15) is 5.82 Å². The standard InChI is InChI=1S/C11H15N3O/c12-8-11-13-9-4-1-2-5-10(9)14(11)6-3-7-15/h1-2,4-5,15H,3,6-8,12H2. The zero-order valence-electron chi connectivity index (χ0n) is 8.56. The normalized spacial score (nSPS) is 11.1. The second-order valence-corrected chi connectivity index (χ2v) is 3.45. The highest BCUT2D eigenvalue weighted by Crippen LogP contribution is 2.15. The van der Waals surface area contributed by atoms with Gasteiger partial charge in [0.05, 0.1) is 17.6 Å². The van der Waals surface area contributed by atoms with Gasteiger partial charge in [-0.3, -0.25) is 0 Å². The van der Waals surface area contributed by atoms with Crippen molar-refractivity contribution in [2.75, 3.05) is 6.61 Å². The van der Waals surface area contributed by atoms with Crippen LogP contribution in [0.25, 0.3) is 11.0 Å². The van der Waals surface area contributed by atoms with Crippen molar-refractivity contribution >= 4 is 11.0 Å². The van der Waals surface area contributed by atoms with Crippen molar-refractivity contribution in [3.8, 4) is 0 Å². The van der Waals surface area contributed by atoms with Crippen LogP contribution < -0.4 is 5.73 Å². The van der Waals surface area contributed by atoms with Crippen LogP contribution in [0.2, 0.25) is 0 Å². The summed E-state index contributed by atoms with van der Waals surface area (Å²) in [6, 6.07) is 7.95. The molecule has 2 aromatic rings. The van der Waals surface area contributed by atoms with Gasteiger partial charge in [-0.25, -0.2) is 4.98 Å². The number of para-hydroxylation sites is 2. The Hall–Kier alpha value is -1.39. The van der Waals surface area contributed by atoms with Crippen LogP contribution in [0.4, 0.5) is 0 Å². The summed E-state index contributed by atoms with van der Waals surface area (Å²) in [7, 11) is 0. The summed E-state index contributed by atoms with van der Waals surface area (Å²) in [4.78, 5) is 4.44. The molecule has 1 aromatic heterocycles. The number of aliphatic hydroxyl groups excluding tert-OH is 1. The summed E-state index contributed by atoms with van der Waals surface area (Å²) in [5.74, 6) is 0.879.